The van der Waals surface area contributed by atoms with Gasteiger partial charge in [0.2, 0.25) is 0 Å². The molecule has 1 aromatic heterocycles. The number of allylic oxidation sites excluding steroid dienone is 4. The number of hydrogen-bond acceptors (Lipinski definition) is 4. The molecule has 0 saturated heterocycles. The molecule has 0 unspecified atom stereocenters. The van der Waals surface area contributed by atoms with Gasteiger partial charge >= 0.3 is 12.1 Å². The maximum Gasteiger partial charge on any atom is 0.416 e. The number of nitrogens with one attached hydrogen (secondary N) is 1. The van der Waals surface area contributed by atoms with Crippen molar-refractivity contribution >= 4 is 11.5 Å². The molecular formula is C21H19F3N2O2. The molecular weight excluding hydrogens is 369 g/mol. The van der Waals surface area contributed by atoms with Crippen LogP contribution in [0.25, 0.3) is 16.7 Å². The molecule has 0 fully saturated rings. The maximum atomic E-state index is 13.1. The zero-order valence-electron chi connectivity index (χ0n) is 15.6. The number of carbonyl (C=O) groups is 1. The SMILES string of the molecule is COC(=O)c1c(-c2cccc(C(F)(F)F)c2)ccnc1C1=C(C)NC(C)=CC1. The standard InChI is InChI=1S/C21H19F3N2O2/c1-12-7-8-16(13(2)26-12)19-18(20(27)28-3)17(9-10-25-19)14-5-4-6-15(11-14)21(22,23)24/h4-7,9-11,26H,8H2,1-3H3. The number of halogens is 3. The van der Waals surface area contributed by atoms with Crippen LogP contribution in [0.3, 0.4) is 0 Å². The van der Waals surface area contributed by atoms with E-state index in [9.17, 15) is 18.0 Å². The van der Waals surface area contributed by atoms with E-state index in [1.165, 1.54) is 31.5 Å². The fraction of sp³-hybridized carbons (Fsp3) is 0.238. The van der Waals surface area contributed by atoms with E-state index in [1.807, 2.05) is 19.9 Å². The molecule has 0 bridgehead atoms. The monoisotopic (exact) mass is 388 g/mol. The molecule has 3 rings (SSSR count). The highest BCUT2D eigenvalue weighted by molar-refractivity contribution is 6.01. The molecule has 0 atom stereocenters. The number of carbonyl (C=O) groups excluding carboxylic acids is 1. The molecule has 1 aromatic carbocycles. The Bertz CT molecular complexity index is 991. The van der Waals surface area contributed by atoms with Gasteiger partial charge in [0.15, 0.2) is 0 Å². The third-order valence-electron chi connectivity index (χ3n) is 4.58. The van der Waals surface area contributed by atoms with E-state index < -0.39 is 17.7 Å². The quantitative estimate of drug-likeness (QED) is 0.736. The van der Waals surface area contributed by atoms with Gasteiger partial charge < -0.3 is 10.1 Å². The number of aromatic nitrogens is 1. The van der Waals surface area contributed by atoms with E-state index in [0.717, 1.165) is 29.1 Å². The first kappa shape index (κ1) is 19.7. The second-order valence-corrected chi connectivity index (χ2v) is 6.47. The van der Waals surface area contributed by atoms with Crippen molar-refractivity contribution in [2.45, 2.75) is 26.4 Å². The Kier molecular flexibility index (Phi) is 5.27. The highest BCUT2D eigenvalue weighted by Crippen LogP contribution is 2.36. The number of benzene rings is 1. The summed E-state index contributed by atoms with van der Waals surface area (Å²) < 4.78 is 44.3. The Morgan fingerprint density at radius 1 is 1.21 bits per heavy atom. The first-order valence-electron chi connectivity index (χ1n) is 8.61. The largest absolute Gasteiger partial charge is 0.465 e. The molecule has 0 radical (unpaired) electrons. The van der Waals surface area contributed by atoms with E-state index in [-0.39, 0.29) is 11.1 Å². The van der Waals surface area contributed by atoms with E-state index >= 15 is 0 Å². The van der Waals surface area contributed by atoms with Crippen molar-refractivity contribution in [1.29, 1.82) is 0 Å². The Morgan fingerprint density at radius 2 is 1.96 bits per heavy atom. The normalized spacial score (nSPS) is 14.4. The number of nitrogens with zero attached hydrogens (tertiary/aromatic N) is 1. The first-order chi connectivity index (χ1) is 13.2. The molecule has 0 amide bonds. The Balaban J connectivity index is 2.22. The molecule has 1 aliphatic rings. The van der Waals surface area contributed by atoms with Crippen LogP contribution < -0.4 is 5.32 Å². The molecule has 0 saturated carbocycles. The van der Waals surface area contributed by atoms with Crippen molar-refractivity contribution in [2.75, 3.05) is 7.11 Å². The second-order valence-electron chi connectivity index (χ2n) is 6.47. The Hall–Kier alpha value is -3.09. The maximum absolute atomic E-state index is 13.1. The summed E-state index contributed by atoms with van der Waals surface area (Å²) in [7, 11) is 1.24. The van der Waals surface area contributed by atoms with Crippen LogP contribution in [0, 0.1) is 0 Å². The minimum absolute atomic E-state index is 0.147. The van der Waals surface area contributed by atoms with Crippen LogP contribution >= 0.6 is 0 Å². The van der Waals surface area contributed by atoms with Crippen LogP contribution in [-0.4, -0.2) is 18.1 Å². The van der Waals surface area contributed by atoms with Gasteiger partial charge in [-0.15, -0.1) is 0 Å². The first-order valence-corrected chi connectivity index (χ1v) is 8.61. The average Bonchev–Trinajstić information content (AvgIpc) is 2.66. The number of alkyl halides is 3. The van der Waals surface area contributed by atoms with Gasteiger partial charge in [0.25, 0.3) is 0 Å². The molecule has 0 spiro atoms. The van der Waals surface area contributed by atoms with Gasteiger partial charge in [0.1, 0.15) is 0 Å². The van der Waals surface area contributed by atoms with Gasteiger partial charge in [-0.1, -0.05) is 18.2 Å². The number of hydrogen-bond donors (Lipinski definition) is 1. The van der Waals surface area contributed by atoms with Crippen LogP contribution in [0.5, 0.6) is 0 Å². The number of ether oxygens (including phenoxy) is 1. The number of methoxy groups -OCH3 is 1. The van der Waals surface area contributed by atoms with E-state index in [0.29, 0.717) is 17.7 Å². The Morgan fingerprint density at radius 3 is 2.61 bits per heavy atom. The molecule has 28 heavy (non-hydrogen) atoms. The third-order valence-corrected chi connectivity index (χ3v) is 4.58. The number of pyridine rings is 1. The Labute approximate surface area is 160 Å². The van der Waals surface area contributed by atoms with Gasteiger partial charge in [0, 0.05) is 23.2 Å². The highest BCUT2D eigenvalue weighted by Gasteiger charge is 2.31. The van der Waals surface area contributed by atoms with Gasteiger partial charge in [-0.05, 0) is 49.6 Å². The summed E-state index contributed by atoms with van der Waals surface area (Å²) in [5, 5.41) is 3.20. The summed E-state index contributed by atoms with van der Waals surface area (Å²) in [5.74, 6) is -0.651. The van der Waals surface area contributed by atoms with Crippen LogP contribution in [0.15, 0.2) is 54.0 Å². The lowest BCUT2D eigenvalue weighted by atomic mass is 9.92. The smallest absolute Gasteiger partial charge is 0.416 e. The summed E-state index contributed by atoms with van der Waals surface area (Å²) >= 11 is 0. The van der Waals surface area contributed by atoms with Crippen molar-refractivity contribution < 1.29 is 22.7 Å². The summed E-state index contributed by atoms with van der Waals surface area (Å²) in [6, 6.07) is 6.40. The number of rotatable bonds is 3. The van der Waals surface area contributed by atoms with Crippen LogP contribution in [-0.2, 0) is 10.9 Å². The van der Waals surface area contributed by atoms with Gasteiger partial charge in [-0.25, -0.2) is 4.79 Å². The molecule has 1 N–H and O–H groups in total. The summed E-state index contributed by atoms with van der Waals surface area (Å²) in [6.07, 6.45) is -0.482. The minimum Gasteiger partial charge on any atom is -0.465 e. The molecule has 0 aliphatic carbocycles. The van der Waals surface area contributed by atoms with Crippen molar-refractivity contribution in [3.05, 3.63) is 70.8 Å². The predicted molar refractivity (Wildman–Crippen MR) is 100 cm³/mol. The van der Waals surface area contributed by atoms with Crippen molar-refractivity contribution in [3.8, 4) is 11.1 Å². The van der Waals surface area contributed by atoms with Crippen LogP contribution in [0.1, 0.15) is 41.9 Å². The molecule has 1 aliphatic heterocycles. The van der Waals surface area contributed by atoms with Crippen molar-refractivity contribution in [1.82, 2.24) is 10.3 Å². The lowest BCUT2D eigenvalue weighted by Gasteiger charge is -2.21. The van der Waals surface area contributed by atoms with Crippen molar-refractivity contribution in [3.63, 3.8) is 0 Å². The van der Waals surface area contributed by atoms with Crippen LogP contribution in [0.4, 0.5) is 13.2 Å². The van der Waals surface area contributed by atoms with Gasteiger partial charge in [0.05, 0.1) is 23.9 Å². The molecule has 2 aromatic rings. The van der Waals surface area contributed by atoms with E-state index in [1.54, 1.807) is 0 Å². The summed E-state index contributed by atoms with van der Waals surface area (Å²) in [6.45, 7) is 3.79. The van der Waals surface area contributed by atoms with Gasteiger partial charge in [-0.3, -0.25) is 4.98 Å². The topological polar surface area (TPSA) is 51.2 Å². The third kappa shape index (κ3) is 3.78. The number of esters is 1. The molecule has 146 valence electrons. The van der Waals surface area contributed by atoms with E-state index in [2.05, 4.69) is 10.3 Å². The number of dihydropyridines is 1. The summed E-state index contributed by atoms with van der Waals surface area (Å²) in [4.78, 5) is 16.9. The van der Waals surface area contributed by atoms with Gasteiger partial charge in [-0.2, -0.15) is 13.2 Å². The predicted octanol–water partition coefficient (Wildman–Crippen LogP) is 5.18. The molecule has 2 heterocycles. The zero-order chi connectivity index (χ0) is 20.5. The van der Waals surface area contributed by atoms with Crippen LogP contribution in [0.2, 0.25) is 0 Å². The minimum atomic E-state index is -4.48. The molecule has 7 heteroatoms. The fourth-order valence-electron chi connectivity index (χ4n) is 3.21. The lowest BCUT2D eigenvalue weighted by molar-refractivity contribution is -0.137. The van der Waals surface area contributed by atoms with Crippen molar-refractivity contribution in [2.24, 2.45) is 0 Å². The lowest BCUT2D eigenvalue weighted by Crippen LogP contribution is -2.17. The average molecular weight is 388 g/mol. The van der Waals surface area contributed by atoms with E-state index in [4.69, 9.17) is 4.74 Å². The zero-order valence-corrected chi connectivity index (χ0v) is 15.6. The second kappa shape index (κ2) is 7.50. The molecule has 4 nitrogen and oxygen atoms in total. The fourth-order valence-corrected chi connectivity index (χ4v) is 3.21. The highest BCUT2D eigenvalue weighted by atomic mass is 19.4. The summed E-state index contributed by atoms with van der Waals surface area (Å²) in [5.41, 5.74) is 2.98.